The van der Waals surface area contributed by atoms with Crippen LogP contribution in [0, 0.1) is 6.92 Å². The van der Waals surface area contributed by atoms with Gasteiger partial charge in [0.05, 0.1) is 6.61 Å². The molecule has 0 radical (unpaired) electrons. The molecular formula is C17H24ClNO4. The first-order valence-corrected chi connectivity index (χ1v) is 8.14. The molecule has 1 amide bonds. The Balaban J connectivity index is 2.75. The van der Waals surface area contributed by atoms with E-state index in [2.05, 4.69) is 0 Å². The van der Waals surface area contributed by atoms with Crippen LogP contribution in [0.15, 0.2) is 18.2 Å². The van der Waals surface area contributed by atoms with E-state index in [0.29, 0.717) is 23.9 Å². The van der Waals surface area contributed by atoms with Crippen LogP contribution in [-0.2, 0) is 14.3 Å². The lowest BCUT2D eigenvalue weighted by Crippen LogP contribution is -2.44. The summed E-state index contributed by atoms with van der Waals surface area (Å²) in [5.74, 6) is -0.0544. The highest BCUT2D eigenvalue weighted by atomic mass is 35.5. The normalized spacial score (nSPS) is 11.7. The zero-order valence-corrected chi connectivity index (χ0v) is 14.9. The molecule has 0 saturated carbocycles. The van der Waals surface area contributed by atoms with E-state index < -0.39 is 12.1 Å². The summed E-state index contributed by atoms with van der Waals surface area (Å²) in [5, 5.41) is 0.615. The largest absolute Gasteiger partial charge is 0.481 e. The minimum Gasteiger partial charge on any atom is -0.481 e. The fourth-order valence-corrected chi connectivity index (χ4v) is 2.37. The van der Waals surface area contributed by atoms with Crippen molar-refractivity contribution in [3.63, 3.8) is 0 Å². The van der Waals surface area contributed by atoms with Crippen LogP contribution in [0.25, 0.3) is 0 Å². The Morgan fingerprint density at radius 2 is 2.00 bits per heavy atom. The molecule has 1 atom stereocenters. The first-order valence-electron chi connectivity index (χ1n) is 7.76. The third kappa shape index (κ3) is 6.10. The molecule has 0 fully saturated rings. The van der Waals surface area contributed by atoms with Gasteiger partial charge in [-0.3, -0.25) is 9.59 Å². The number of carbonyl (C=O) groups is 2. The van der Waals surface area contributed by atoms with Crippen LogP contribution in [0.5, 0.6) is 5.75 Å². The average molecular weight is 342 g/mol. The number of amides is 1. The standard InChI is InChI=1S/C17H24ClNO4/c1-5-9-19(11-16(20)22-6-2)17(21)13(4)23-15-8-7-14(18)10-12(15)3/h7-8,10,13H,5-6,9,11H2,1-4H3. The van der Waals surface area contributed by atoms with Gasteiger partial charge in [-0.25, -0.2) is 0 Å². The number of aryl methyl sites for hydroxylation is 1. The SMILES string of the molecule is CCCN(CC(=O)OCC)C(=O)C(C)Oc1ccc(Cl)cc1C. The van der Waals surface area contributed by atoms with E-state index in [4.69, 9.17) is 21.1 Å². The van der Waals surface area contributed by atoms with E-state index in [1.165, 1.54) is 4.90 Å². The number of hydrogen-bond acceptors (Lipinski definition) is 4. The lowest BCUT2D eigenvalue weighted by atomic mass is 10.2. The second kappa shape index (κ2) is 9.40. The molecule has 0 aliphatic carbocycles. The van der Waals surface area contributed by atoms with Gasteiger partial charge >= 0.3 is 5.97 Å². The number of halogens is 1. The predicted molar refractivity (Wildman–Crippen MR) is 89.8 cm³/mol. The lowest BCUT2D eigenvalue weighted by molar-refractivity contribution is -0.151. The van der Waals surface area contributed by atoms with Crippen LogP contribution in [-0.4, -0.2) is 42.6 Å². The van der Waals surface area contributed by atoms with Gasteiger partial charge in [0, 0.05) is 11.6 Å². The van der Waals surface area contributed by atoms with Gasteiger partial charge in [0.2, 0.25) is 0 Å². The second-order valence-electron chi connectivity index (χ2n) is 5.23. The molecule has 1 aromatic carbocycles. The van der Waals surface area contributed by atoms with Gasteiger partial charge in [-0.05, 0) is 51.0 Å². The number of ether oxygens (including phenoxy) is 2. The monoisotopic (exact) mass is 341 g/mol. The molecule has 23 heavy (non-hydrogen) atoms. The summed E-state index contributed by atoms with van der Waals surface area (Å²) < 4.78 is 10.6. The Morgan fingerprint density at radius 1 is 1.30 bits per heavy atom. The molecule has 128 valence electrons. The Kier molecular flexibility index (Phi) is 7.89. The van der Waals surface area contributed by atoms with E-state index in [1.54, 1.807) is 32.0 Å². The van der Waals surface area contributed by atoms with Crippen molar-refractivity contribution in [1.29, 1.82) is 0 Å². The van der Waals surface area contributed by atoms with Gasteiger partial charge in [-0.1, -0.05) is 18.5 Å². The van der Waals surface area contributed by atoms with Crippen LogP contribution < -0.4 is 4.74 Å². The molecule has 6 heteroatoms. The highest BCUT2D eigenvalue weighted by molar-refractivity contribution is 6.30. The van der Waals surface area contributed by atoms with Gasteiger partial charge in [0.25, 0.3) is 5.91 Å². The Hall–Kier alpha value is -1.75. The molecule has 0 aliphatic heterocycles. The molecular weight excluding hydrogens is 318 g/mol. The van der Waals surface area contributed by atoms with E-state index in [9.17, 15) is 9.59 Å². The fourth-order valence-electron chi connectivity index (χ4n) is 2.14. The number of nitrogens with zero attached hydrogens (tertiary/aromatic N) is 1. The number of hydrogen-bond donors (Lipinski definition) is 0. The third-order valence-electron chi connectivity index (χ3n) is 3.22. The number of benzene rings is 1. The quantitative estimate of drug-likeness (QED) is 0.681. The third-order valence-corrected chi connectivity index (χ3v) is 3.45. The van der Waals surface area contributed by atoms with Crippen molar-refractivity contribution in [1.82, 2.24) is 4.90 Å². The first kappa shape index (κ1) is 19.3. The summed E-state index contributed by atoms with van der Waals surface area (Å²) in [6.07, 6.45) is 0.0496. The highest BCUT2D eigenvalue weighted by Gasteiger charge is 2.24. The molecule has 1 rings (SSSR count). The minimum absolute atomic E-state index is 0.0617. The fraction of sp³-hybridized carbons (Fsp3) is 0.529. The van der Waals surface area contributed by atoms with Crippen molar-refractivity contribution >= 4 is 23.5 Å². The molecule has 0 bridgehead atoms. The van der Waals surface area contributed by atoms with Crippen molar-refractivity contribution in [3.8, 4) is 5.75 Å². The van der Waals surface area contributed by atoms with E-state index in [0.717, 1.165) is 12.0 Å². The molecule has 1 unspecified atom stereocenters. The smallest absolute Gasteiger partial charge is 0.325 e. The molecule has 0 saturated heterocycles. The summed E-state index contributed by atoms with van der Waals surface area (Å²) in [5.41, 5.74) is 0.851. The van der Waals surface area contributed by atoms with Crippen LogP contribution in [0.1, 0.15) is 32.8 Å². The Labute approximate surface area is 142 Å². The van der Waals surface area contributed by atoms with E-state index >= 15 is 0 Å². The van der Waals surface area contributed by atoms with Crippen molar-refractivity contribution < 1.29 is 19.1 Å². The van der Waals surface area contributed by atoms with Crippen LogP contribution in [0.3, 0.4) is 0 Å². The summed E-state index contributed by atoms with van der Waals surface area (Å²) in [6.45, 7) is 7.92. The first-order chi connectivity index (χ1) is 10.9. The van der Waals surface area contributed by atoms with Gasteiger partial charge in [-0.2, -0.15) is 0 Å². The molecule has 0 aliphatic rings. The van der Waals surface area contributed by atoms with Gasteiger partial charge in [-0.15, -0.1) is 0 Å². The summed E-state index contributed by atoms with van der Waals surface area (Å²) in [6, 6.07) is 5.22. The van der Waals surface area contributed by atoms with Crippen molar-refractivity contribution in [2.45, 2.75) is 40.2 Å². The Bertz CT molecular complexity index is 547. The summed E-state index contributed by atoms with van der Waals surface area (Å²) in [4.78, 5) is 25.6. The van der Waals surface area contributed by atoms with Crippen LogP contribution in [0.2, 0.25) is 5.02 Å². The van der Waals surface area contributed by atoms with Gasteiger partial charge in [0.15, 0.2) is 6.10 Å². The van der Waals surface area contributed by atoms with Crippen LogP contribution >= 0.6 is 11.6 Å². The zero-order chi connectivity index (χ0) is 17.4. The molecule has 0 heterocycles. The maximum atomic E-state index is 12.5. The van der Waals surface area contributed by atoms with Gasteiger partial charge in [0.1, 0.15) is 12.3 Å². The lowest BCUT2D eigenvalue weighted by Gasteiger charge is -2.25. The molecule has 0 aromatic heterocycles. The maximum absolute atomic E-state index is 12.5. The predicted octanol–water partition coefficient (Wildman–Crippen LogP) is 3.22. The maximum Gasteiger partial charge on any atom is 0.325 e. The molecule has 0 spiro atoms. The van der Waals surface area contributed by atoms with Crippen molar-refractivity contribution in [2.24, 2.45) is 0 Å². The number of esters is 1. The van der Waals surface area contributed by atoms with Crippen LogP contribution in [0.4, 0.5) is 0 Å². The molecule has 5 nitrogen and oxygen atoms in total. The second-order valence-corrected chi connectivity index (χ2v) is 5.67. The number of carbonyl (C=O) groups excluding carboxylic acids is 2. The average Bonchev–Trinajstić information content (AvgIpc) is 2.49. The van der Waals surface area contributed by atoms with Crippen molar-refractivity contribution in [3.05, 3.63) is 28.8 Å². The minimum atomic E-state index is -0.698. The zero-order valence-electron chi connectivity index (χ0n) is 14.1. The number of rotatable bonds is 8. The van der Waals surface area contributed by atoms with E-state index in [-0.39, 0.29) is 12.5 Å². The van der Waals surface area contributed by atoms with Crippen molar-refractivity contribution in [2.75, 3.05) is 19.7 Å². The highest BCUT2D eigenvalue weighted by Crippen LogP contribution is 2.23. The summed E-state index contributed by atoms with van der Waals surface area (Å²) in [7, 11) is 0. The van der Waals surface area contributed by atoms with E-state index in [1.807, 2.05) is 13.8 Å². The van der Waals surface area contributed by atoms with Gasteiger partial charge < -0.3 is 14.4 Å². The molecule has 0 N–H and O–H groups in total. The topological polar surface area (TPSA) is 55.8 Å². The molecule has 1 aromatic rings. The Morgan fingerprint density at radius 3 is 2.57 bits per heavy atom. The summed E-state index contributed by atoms with van der Waals surface area (Å²) >= 11 is 5.91.